The zero-order chi connectivity index (χ0) is 18.9. The third-order valence-corrected chi connectivity index (χ3v) is 3.83. The number of halogens is 4. The van der Waals surface area contributed by atoms with Gasteiger partial charge in [-0.1, -0.05) is 12.1 Å². The SMILES string of the molecule is COC(=O)c1ccccc1Oc1ccc(OC(F)(F)F)c(C2CC2)c1F. The third kappa shape index (κ3) is 3.89. The Bertz CT molecular complexity index is 828. The molecule has 1 aliphatic carbocycles. The summed E-state index contributed by atoms with van der Waals surface area (Å²) in [5.41, 5.74) is -0.103. The predicted molar refractivity (Wildman–Crippen MR) is 82.9 cm³/mol. The number of para-hydroxylation sites is 1. The van der Waals surface area contributed by atoms with E-state index in [-0.39, 0.29) is 28.5 Å². The maximum absolute atomic E-state index is 14.8. The highest BCUT2D eigenvalue weighted by molar-refractivity contribution is 5.92. The Morgan fingerprint density at radius 1 is 1.04 bits per heavy atom. The lowest BCUT2D eigenvalue weighted by Crippen LogP contribution is -2.18. The standard InChI is InChI=1S/C18H14F4O4/c1-24-17(23)11-4-2-3-5-12(11)25-14-9-8-13(26-18(20,21)22)15(16(14)19)10-6-7-10/h2-5,8-10H,6-7H2,1H3. The van der Waals surface area contributed by atoms with E-state index in [0.29, 0.717) is 12.8 Å². The lowest BCUT2D eigenvalue weighted by Gasteiger charge is -2.16. The van der Waals surface area contributed by atoms with Crippen LogP contribution in [0, 0.1) is 5.82 Å². The molecule has 138 valence electrons. The van der Waals surface area contributed by atoms with E-state index >= 15 is 0 Å². The Morgan fingerprint density at radius 3 is 2.31 bits per heavy atom. The summed E-state index contributed by atoms with van der Waals surface area (Å²) in [5.74, 6) is -2.81. The number of alkyl halides is 3. The molecule has 2 aromatic carbocycles. The van der Waals surface area contributed by atoms with Crippen molar-refractivity contribution in [2.45, 2.75) is 25.1 Å². The number of benzene rings is 2. The van der Waals surface area contributed by atoms with Crippen molar-refractivity contribution < 1.29 is 36.6 Å². The summed E-state index contributed by atoms with van der Waals surface area (Å²) < 4.78 is 66.4. The molecule has 1 saturated carbocycles. The van der Waals surface area contributed by atoms with E-state index in [0.717, 1.165) is 12.1 Å². The number of ether oxygens (including phenoxy) is 3. The highest BCUT2D eigenvalue weighted by Crippen LogP contribution is 2.48. The molecule has 2 aromatic rings. The molecule has 3 rings (SSSR count). The number of hydrogen-bond donors (Lipinski definition) is 0. The fourth-order valence-corrected chi connectivity index (χ4v) is 2.55. The van der Waals surface area contributed by atoms with Gasteiger partial charge in [0.2, 0.25) is 0 Å². The van der Waals surface area contributed by atoms with Gasteiger partial charge < -0.3 is 14.2 Å². The molecule has 0 amide bonds. The Balaban J connectivity index is 1.98. The van der Waals surface area contributed by atoms with Gasteiger partial charge in [-0.15, -0.1) is 13.2 Å². The molecule has 26 heavy (non-hydrogen) atoms. The van der Waals surface area contributed by atoms with E-state index in [9.17, 15) is 22.4 Å². The van der Waals surface area contributed by atoms with E-state index in [2.05, 4.69) is 9.47 Å². The third-order valence-electron chi connectivity index (χ3n) is 3.83. The van der Waals surface area contributed by atoms with Crippen LogP contribution in [0.5, 0.6) is 17.2 Å². The van der Waals surface area contributed by atoms with E-state index in [1.54, 1.807) is 12.1 Å². The van der Waals surface area contributed by atoms with Gasteiger partial charge in [-0.25, -0.2) is 9.18 Å². The van der Waals surface area contributed by atoms with Gasteiger partial charge >= 0.3 is 12.3 Å². The van der Waals surface area contributed by atoms with Gasteiger partial charge in [-0.05, 0) is 43.0 Å². The summed E-state index contributed by atoms with van der Waals surface area (Å²) in [4.78, 5) is 11.8. The highest BCUT2D eigenvalue weighted by atomic mass is 19.4. The largest absolute Gasteiger partial charge is 0.573 e. The zero-order valence-electron chi connectivity index (χ0n) is 13.6. The first-order valence-corrected chi connectivity index (χ1v) is 7.73. The van der Waals surface area contributed by atoms with Crippen molar-refractivity contribution in [3.05, 3.63) is 53.3 Å². The van der Waals surface area contributed by atoms with Crippen LogP contribution in [-0.4, -0.2) is 19.4 Å². The number of esters is 1. The van der Waals surface area contributed by atoms with E-state index in [4.69, 9.17) is 4.74 Å². The second-order valence-electron chi connectivity index (χ2n) is 5.70. The molecule has 0 bridgehead atoms. The molecule has 8 heteroatoms. The Hall–Kier alpha value is -2.77. The van der Waals surface area contributed by atoms with Crippen LogP contribution >= 0.6 is 0 Å². The lowest BCUT2D eigenvalue weighted by molar-refractivity contribution is -0.275. The summed E-state index contributed by atoms with van der Waals surface area (Å²) in [7, 11) is 1.19. The monoisotopic (exact) mass is 370 g/mol. The van der Waals surface area contributed by atoms with Crippen molar-refractivity contribution in [1.82, 2.24) is 0 Å². The molecule has 0 heterocycles. The summed E-state index contributed by atoms with van der Waals surface area (Å²) in [6, 6.07) is 8.06. The van der Waals surface area contributed by atoms with Crippen LogP contribution in [0.2, 0.25) is 0 Å². The van der Waals surface area contributed by atoms with Crippen LogP contribution in [0.4, 0.5) is 17.6 Å². The fourth-order valence-electron chi connectivity index (χ4n) is 2.55. The number of rotatable bonds is 5. The van der Waals surface area contributed by atoms with Gasteiger partial charge in [0.25, 0.3) is 0 Å². The van der Waals surface area contributed by atoms with Crippen molar-refractivity contribution in [3.63, 3.8) is 0 Å². The van der Waals surface area contributed by atoms with Crippen molar-refractivity contribution in [3.8, 4) is 17.2 Å². The van der Waals surface area contributed by atoms with Gasteiger partial charge in [0.1, 0.15) is 17.1 Å². The van der Waals surface area contributed by atoms with Crippen molar-refractivity contribution >= 4 is 5.97 Å². The number of hydrogen-bond acceptors (Lipinski definition) is 4. The summed E-state index contributed by atoms with van der Waals surface area (Å²) in [6.45, 7) is 0. The van der Waals surface area contributed by atoms with Gasteiger partial charge in [0.05, 0.1) is 7.11 Å². The minimum absolute atomic E-state index is 0.0319. The molecule has 0 atom stereocenters. The highest BCUT2D eigenvalue weighted by Gasteiger charge is 2.37. The first kappa shape index (κ1) is 18.0. The lowest BCUT2D eigenvalue weighted by atomic mass is 10.1. The first-order chi connectivity index (χ1) is 12.3. The second kappa shape index (κ2) is 6.86. The predicted octanol–water partition coefficient (Wildman–Crippen LogP) is 5.18. The number of carbonyl (C=O) groups excluding carboxylic acids is 1. The Morgan fingerprint density at radius 2 is 1.69 bits per heavy atom. The quantitative estimate of drug-likeness (QED) is 0.537. The summed E-state index contributed by atoms with van der Waals surface area (Å²) >= 11 is 0. The smallest absolute Gasteiger partial charge is 0.465 e. The molecule has 0 saturated heterocycles. The minimum atomic E-state index is -4.92. The number of methoxy groups -OCH3 is 1. The van der Waals surface area contributed by atoms with Gasteiger partial charge in [-0.3, -0.25) is 0 Å². The molecule has 1 aliphatic rings. The molecule has 4 nitrogen and oxygen atoms in total. The first-order valence-electron chi connectivity index (χ1n) is 7.73. The van der Waals surface area contributed by atoms with Crippen molar-refractivity contribution in [2.75, 3.05) is 7.11 Å². The Kier molecular flexibility index (Phi) is 4.76. The van der Waals surface area contributed by atoms with Crippen molar-refractivity contribution in [1.29, 1.82) is 0 Å². The van der Waals surface area contributed by atoms with Gasteiger partial charge in [0.15, 0.2) is 11.6 Å². The molecule has 0 aliphatic heterocycles. The van der Waals surface area contributed by atoms with Crippen LogP contribution in [-0.2, 0) is 4.74 Å². The topological polar surface area (TPSA) is 44.8 Å². The van der Waals surface area contributed by atoms with E-state index in [1.807, 2.05) is 0 Å². The van der Waals surface area contributed by atoms with Gasteiger partial charge in [0, 0.05) is 5.56 Å². The average Bonchev–Trinajstić information content (AvgIpc) is 3.40. The molecule has 1 fully saturated rings. The van der Waals surface area contributed by atoms with Crippen LogP contribution in [0.15, 0.2) is 36.4 Å². The van der Waals surface area contributed by atoms with Crippen LogP contribution in [0.1, 0.15) is 34.7 Å². The minimum Gasteiger partial charge on any atom is -0.465 e. The second-order valence-corrected chi connectivity index (χ2v) is 5.70. The molecular formula is C18H14F4O4. The normalized spacial score (nSPS) is 14.0. The summed E-state index contributed by atoms with van der Waals surface area (Å²) in [6.07, 6.45) is -3.80. The molecule has 0 unspecified atom stereocenters. The molecule has 0 N–H and O–H groups in total. The van der Waals surface area contributed by atoms with Crippen LogP contribution in [0.3, 0.4) is 0 Å². The zero-order valence-corrected chi connectivity index (χ0v) is 13.6. The molecule has 0 spiro atoms. The average molecular weight is 370 g/mol. The molecular weight excluding hydrogens is 356 g/mol. The maximum Gasteiger partial charge on any atom is 0.573 e. The molecule has 0 aromatic heterocycles. The van der Waals surface area contributed by atoms with Crippen LogP contribution in [0.25, 0.3) is 0 Å². The fraction of sp³-hybridized carbons (Fsp3) is 0.278. The molecule has 0 radical (unpaired) electrons. The maximum atomic E-state index is 14.8. The Labute approximate surface area is 146 Å². The van der Waals surface area contributed by atoms with Gasteiger partial charge in [-0.2, -0.15) is 0 Å². The van der Waals surface area contributed by atoms with E-state index < -0.39 is 23.9 Å². The van der Waals surface area contributed by atoms with Crippen LogP contribution < -0.4 is 9.47 Å². The van der Waals surface area contributed by atoms with Crippen molar-refractivity contribution in [2.24, 2.45) is 0 Å². The summed E-state index contributed by atoms with van der Waals surface area (Å²) in [5, 5.41) is 0. The van der Waals surface area contributed by atoms with E-state index in [1.165, 1.54) is 19.2 Å². The number of carbonyl (C=O) groups is 1.